The number of carbonyl (C=O) groups is 2. The monoisotopic (exact) mass is 382 g/mol. The molecule has 0 spiro atoms. The zero-order valence-electron chi connectivity index (χ0n) is 14.1. The minimum atomic E-state index is -4.53. The van der Waals surface area contributed by atoms with Crippen molar-refractivity contribution in [2.75, 3.05) is 19.7 Å². The van der Waals surface area contributed by atoms with E-state index in [-0.39, 0.29) is 18.0 Å². The van der Waals surface area contributed by atoms with E-state index in [2.05, 4.69) is 9.72 Å². The summed E-state index contributed by atoms with van der Waals surface area (Å²) in [5.41, 5.74) is 0.918. The van der Waals surface area contributed by atoms with Gasteiger partial charge < -0.3 is 14.7 Å². The van der Waals surface area contributed by atoms with Gasteiger partial charge >= 0.3 is 12.1 Å². The summed E-state index contributed by atoms with van der Waals surface area (Å²) in [7, 11) is 0. The lowest BCUT2D eigenvalue weighted by Gasteiger charge is -2.21. The Morgan fingerprint density at radius 2 is 1.85 bits per heavy atom. The van der Waals surface area contributed by atoms with Crippen LogP contribution in [-0.2, 0) is 11.2 Å². The molecule has 144 valence electrons. The SMILES string of the molecule is O=C(O)CN(CCc1ccccc1)C(=O)c1ccnc(OCC(F)(F)F)c1. The smallest absolute Gasteiger partial charge is 0.422 e. The molecular formula is C18H17F3N2O4. The Morgan fingerprint density at radius 3 is 2.48 bits per heavy atom. The average molecular weight is 382 g/mol. The van der Waals surface area contributed by atoms with Gasteiger partial charge in [-0.25, -0.2) is 4.98 Å². The number of hydrogen-bond acceptors (Lipinski definition) is 4. The molecule has 27 heavy (non-hydrogen) atoms. The summed E-state index contributed by atoms with van der Waals surface area (Å²) in [4.78, 5) is 28.4. The number of benzene rings is 1. The molecular weight excluding hydrogens is 365 g/mol. The van der Waals surface area contributed by atoms with Gasteiger partial charge in [0.1, 0.15) is 6.54 Å². The number of carboxylic acid groups (broad SMARTS) is 1. The molecule has 0 aliphatic rings. The van der Waals surface area contributed by atoms with Gasteiger partial charge in [-0.3, -0.25) is 9.59 Å². The highest BCUT2D eigenvalue weighted by Crippen LogP contribution is 2.18. The van der Waals surface area contributed by atoms with Crippen LogP contribution in [0.15, 0.2) is 48.7 Å². The second-order valence-corrected chi connectivity index (χ2v) is 5.64. The van der Waals surface area contributed by atoms with Crippen molar-refractivity contribution in [3.8, 4) is 5.88 Å². The van der Waals surface area contributed by atoms with Gasteiger partial charge in [-0.05, 0) is 18.1 Å². The molecule has 0 saturated heterocycles. The van der Waals surface area contributed by atoms with Crippen LogP contribution in [0, 0.1) is 0 Å². The van der Waals surface area contributed by atoms with Crippen molar-refractivity contribution in [1.82, 2.24) is 9.88 Å². The summed E-state index contributed by atoms with van der Waals surface area (Å²) in [5, 5.41) is 9.05. The lowest BCUT2D eigenvalue weighted by molar-refractivity contribution is -0.154. The highest BCUT2D eigenvalue weighted by atomic mass is 19.4. The van der Waals surface area contributed by atoms with Crippen LogP contribution in [0.4, 0.5) is 13.2 Å². The number of ether oxygens (including phenoxy) is 1. The van der Waals surface area contributed by atoms with E-state index in [0.717, 1.165) is 22.7 Å². The van der Waals surface area contributed by atoms with Gasteiger partial charge in [-0.15, -0.1) is 0 Å². The van der Waals surface area contributed by atoms with Crippen LogP contribution in [0.1, 0.15) is 15.9 Å². The fourth-order valence-corrected chi connectivity index (χ4v) is 2.28. The zero-order valence-corrected chi connectivity index (χ0v) is 14.1. The van der Waals surface area contributed by atoms with Crippen molar-refractivity contribution in [2.45, 2.75) is 12.6 Å². The molecule has 1 aromatic heterocycles. The number of halogens is 3. The Hall–Kier alpha value is -3.10. The predicted molar refractivity (Wildman–Crippen MR) is 89.5 cm³/mol. The maximum absolute atomic E-state index is 12.6. The summed E-state index contributed by atoms with van der Waals surface area (Å²) in [5.74, 6) is -2.19. The minimum Gasteiger partial charge on any atom is -0.480 e. The summed E-state index contributed by atoms with van der Waals surface area (Å²) in [6.45, 7) is -1.94. The number of amides is 1. The molecule has 0 fully saturated rings. The van der Waals surface area contributed by atoms with Crippen molar-refractivity contribution in [2.24, 2.45) is 0 Å². The van der Waals surface area contributed by atoms with Crippen LogP contribution in [0.5, 0.6) is 5.88 Å². The lowest BCUT2D eigenvalue weighted by atomic mass is 10.1. The Bertz CT molecular complexity index is 782. The highest BCUT2D eigenvalue weighted by molar-refractivity contribution is 5.96. The van der Waals surface area contributed by atoms with E-state index in [1.807, 2.05) is 30.3 Å². The van der Waals surface area contributed by atoms with Crippen molar-refractivity contribution in [3.63, 3.8) is 0 Å². The number of pyridine rings is 1. The molecule has 6 nitrogen and oxygen atoms in total. The first-order valence-corrected chi connectivity index (χ1v) is 7.95. The third kappa shape index (κ3) is 6.96. The minimum absolute atomic E-state index is 0.00325. The van der Waals surface area contributed by atoms with Gasteiger partial charge in [0.05, 0.1) is 0 Å². The van der Waals surface area contributed by atoms with Gasteiger partial charge in [-0.1, -0.05) is 30.3 Å². The molecule has 1 N–H and O–H groups in total. The van der Waals surface area contributed by atoms with Gasteiger partial charge in [0.25, 0.3) is 5.91 Å². The summed E-state index contributed by atoms with van der Waals surface area (Å²) in [6, 6.07) is 11.5. The summed E-state index contributed by atoms with van der Waals surface area (Å²) >= 11 is 0. The third-order valence-electron chi connectivity index (χ3n) is 3.49. The second kappa shape index (κ2) is 9.02. The summed E-state index contributed by atoms with van der Waals surface area (Å²) < 4.78 is 41.2. The number of alkyl halides is 3. The summed E-state index contributed by atoms with van der Waals surface area (Å²) in [6.07, 6.45) is -2.97. The van der Waals surface area contributed by atoms with Crippen LogP contribution >= 0.6 is 0 Å². The fourth-order valence-electron chi connectivity index (χ4n) is 2.28. The molecule has 9 heteroatoms. The van der Waals surface area contributed by atoms with Gasteiger partial charge in [0.2, 0.25) is 5.88 Å². The van der Waals surface area contributed by atoms with E-state index < -0.39 is 31.2 Å². The van der Waals surface area contributed by atoms with E-state index in [0.29, 0.717) is 6.42 Å². The second-order valence-electron chi connectivity index (χ2n) is 5.64. The van der Waals surface area contributed by atoms with Gasteiger partial charge in [0.15, 0.2) is 6.61 Å². The van der Waals surface area contributed by atoms with Crippen molar-refractivity contribution >= 4 is 11.9 Å². The third-order valence-corrected chi connectivity index (χ3v) is 3.49. The van der Waals surface area contributed by atoms with E-state index in [4.69, 9.17) is 5.11 Å². The zero-order chi connectivity index (χ0) is 19.9. The van der Waals surface area contributed by atoms with Crippen molar-refractivity contribution in [1.29, 1.82) is 0 Å². The molecule has 2 rings (SSSR count). The standard InChI is InChI=1S/C18H17F3N2O4/c19-18(20,21)12-27-15-10-14(6-8-22-15)17(26)23(11-16(24)25)9-7-13-4-2-1-3-5-13/h1-6,8,10H,7,9,11-12H2,(H,24,25). The molecule has 0 aliphatic heterocycles. The first-order chi connectivity index (χ1) is 12.7. The lowest BCUT2D eigenvalue weighted by Crippen LogP contribution is -2.37. The molecule has 0 unspecified atom stereocenters. The first kappa shape index (κ1) is 20.2. The van der Waals surface area contributed by atoms with Crippen LogP contribution in [-0.4, -0.2) is 52.7 Å². The number of aromatic nitrogens is 1. The Morgan fingerprint density at radius 1 is 1.15 bits per heavy atom. The normalized spacial score (nSPS) is 11.1. The maximum Gasteiger partial charge on any atom is 0.422 e. The predicted octanol–water partition coefficient (Wildman–Crippen LogP) is 2.79. The molecule has 0 saturated carbocycles. The van der Waals surface area contributed by atoms with Crippen LogP contribution in [0.3, 0.4) is 0 Å². The molecule has 0 atom stereocenters. The quantitative estimate of drug-likeness (QED) is 0.760. The maximum atomic E-state index is 12.6. The number of hydrogen-bond donors (Lipinski definition) is 1. The molecule has 1 amide bonds. The number of carboxylic acids is 1. The Kier molecular flexibility index (Phi) is 6.75. The van der Waals surface area contributed by atoms with E-state index in [9.17, 15) is 22.8 Å². The number of rotatable bonds is 8. The number of nitrogens with zero attached hydrogens (tertiary/aromatic N) is 2. The largest absolute Gasteiger partial charge is 0.480 e. The topological polar surface area (TPSA) is 79.7 Å². The molecule has 2 aromatic rings. The van der Waals surface area contributed by atoms with E-state index in [1.165, 1.54) is 6.07 Å². The Balaban J connectivity index is 2.10. The Labute approximate surface area is 153 Å². The molecule has 1 heterocycles. The number of carbonyl (C=O) groups excluding carboxylic acids is 1. The highest BCUT2D eigenvalue weighted by Gasteiger charge is 2.29. The average Bonchev–Trinajstić information content (AvgIpc) is 2.63. The van der Waals surface area contributed by atoms with Crippen LogP contribution in [0.2, 0.25) is 0 Å². The van der Waals surface area contributed by atoms with Gasteiger partial charge in [-0.2, -0.15) is 13.2 Å². The van der Waals surface area contributed by atoms with Crippen LogP contribution in [0.25, 0.3) is 0 Å². The van der Waals surface area contributed by atoms with Crippen LogP contribution < -0.4 is 4.74 Å². The van der Waals surface area contributed by atoms with Gasteiger partial charge in [0, 0.05) is 24.4 Å². The molecule has 1 aromatic carbocycles. The molecule has 0 bridgehead atoms. The van der Waals surface area contributed by atoms with Crippen molar-refractivity contribution < 1.29 is 32.6 Å². The first-order valence-electron chi connectivity index (χ1n) is 7.95. The van der Waals surface area contributed by atoms with E-state index in [1.54, 1.807) is 0 Å². The number of aliphatic carboxylic acids is 1. The fraction of sp³-hybridized carbons (Fsp3) is 0.278. The molecule has 0 radical (unpaired) electrons. The molecule has 0 aliphatic carbocycles. The van der Waals surface area contributed by atoms with Crippen molar-refractivity contribution in [3.05, 3.63) is 59.8 Å². The van der Waals surface area contributed by atoms with E-state index >= 15 is 0 Å².